The van der Waals surface area contributed by atoms with E-state index in [4.69, 9.17) is 5.11 Å². The summed E-state index contributed by atoms with van der Waals surface area (Å²) in [5, 5.41) is 11.5. The van der Waals surface area contributed by atoms with Crippen LogP contribution in [0.2, 0.25) is 0 Å². The summed E-state index contributed by atoms with van der Waals surface area (Å²) in [5.74, 6) is 0.387. The van der Waals surface area contributed by atoms with Crippen molar-refractivity contribution in [1.29, 1.82) is 0 Å². The third-order valence-corrected chi connectivity index (χ3v) is 2.10. The Labute approximate surface area is 89.3 Å². The second kappa shape index (κ2) is 5.34. The highest BCUT2D eigenvalue weighted by Gasteiger charge is 2.01. The van der Waals surface area contributed by atoms with Gasteiger partial charge in [-0.2, -0.15) is 0 Å². The molecule has 1 aromatic rings. The van der Waals surface area contributed by atoms with Crippen molar-refractivity contribution in [2.24, 2.45) is 0 Å². The number of carboxylic acid groups (broad SMARTS) is 1. The van der Waals surface area contributed by atoms with Gasteiger partial charge in [0, 0.05) is 12.7 Å². The normalized spacial score (nSPS) is 10.3. The number of hydrogen-bond donors (Lipinski definition) is 2. The van der Waals surface area contributed by atoms with Crippen molar-refractivity contribution in [1.82, 2.24) is 4.98 Å². The van der Waals surface area contributed by atoms with Gasteiger partial charge in [-0.15, -0.1) is 0 Å². The molecule has 0 bridgehead atoms. The Balaban J connectivity index is 2.54. The van der Waals surface area contributed by atoms with Crippen molar-refractivity contribution in [2.45, 2.75) is 26.2 Å². The molecule has 15 heavy (non-hydrogen) atoms. The largest absolute Gasteiger partial charge is 0.481 e. The van der Waals surface area contributed by atoms with Crippen LogP contribution in [0.1, 0.15) is 31.7 Å². The van der Waals surface area contributed by atoms with Crippen LogP contribution in [0, 0.1) is 0 Å². The first kappa shape index (κ1) is 11.5. The molecule has 82 valence electrons. The minimum Gasteiger partial charge on any atom is -0.481 e. The molecule has 1 rings (SSSR count). The van der Waals surface area contributed by atoms with Crippen LogP contribution in [0.4, 0.5) is 5.82 Å². The first-order valence-corrected chi connectivity index (χ1v) is 5.01. The number of carboxylic acids is 1. The summed E-state index contributed by atoms with van der Waals surface area (Å²) in [4.78, 5) is 14.4. The highest BCUT2D eigenvalue weighted by molar-refractivity contribution is 5.67. The lowest BCUT2D eigenvalue weighted by molar-refractivity contribution is -0.136. The number of anilines is 1. The van der Waals surface area contributed by atoms with E-state index >= 15 is 0 Å². The van der Waals surface area contributed by atoms with Crippen LogP contribution < -0.4 is 5.32 Å². The first-order chi connectivity index (χ1) is 7.09. The zero-order chi connectivity index (χ0) is 11.3. The van der Waals surface area contributed by atoms with Gasteiger partial charge in [-0.25, -0.2) is 4.98 Å². The van der Waals surface area contributed by atoms with Gasteiger partial charge in [0.2, 0.25) is 0 Å². The molecular formula is C11H16N2O2. The molecule has 1 aromatic heterocycles. The molecule has 0 aliphatic heterocycles. The Morgan fingerprint density at radius 2 is 2.33 bits per heavy atom. The summed E-state index contributed by atoms with van der Waals surface area (Å²) in [6, 6.07) is 3.92. The Kier molecular flexibility index (Phi) is 4.09. The molecule has 4 nitrogen and oxygen atoms in total. The minimum atomic E-state index is -0.803. The number of nitrogens with zero attached hydrogens (tertiary/aromatic N) is 1. The fraction of sp³-hybridized carbons (Fsp3) is 0.455. The Bertz CT molecular complexity index is 337. The average molecular weight is 208 g/mol. The predicted octanol–water partition coefficient (Wildman–Crippen LogP) is 2.09. The second-order valence-electron chi connectivity index (χ2n) is 3.70. The number of rotatable bonds is 5. The van der Waals surface area contributed by atoms with Crippen LogP contribution in [0.25, 0.3) is 0 Å². The SMILES string of the molecule is CC(C)c1ccnc(NCCC(=O)O)c1. The van der Waals surface area contributed by atoms with Crippen molar-refractivity contribution in [3.63, 3.8) is 0 Å². The number of carbonyl (C=O) groups is 1. The van der Waals surface area contributed by atoms with E-state index in [0.29, 0.717) is 12.5 Å². The Hall–Kier alpha value is -1.58. The molecule has 4 heteroatoms. The smallest absolute Gasteiger partial charge is 0.305 e. The monoisotopic (exact) mass is 208 g/mol. The Morgan fingerprint density at radius 1 is 1.60 bits per heavy atom. The van der Waals surface area contributed by atoms with E-state index in [2.05, 4.69) is 24.1 Å². The average Bonchev–Trinajstić information content (AvgIpc) is 2.17. The van der Waals surface area contributed by atoms with E-state index in [1.165, 1.54) is 5.56 Å². The van der Waals surface area contributed by atoms with E-state index in [0.717, 1.165) is 5.82 Å². The van der Waals surface area contributed by atoms with Crippen molar-refractivity contribution >= 4 is 11.8 Å². The van der Waals surface area contributed by atoms with Crippen LogP contribution in [0.15, 0.2) is 18.3 Å². The number of nitrogens with one attached hydrogen (secondary N) is 1. The molecule has 0 spiro atoms. The third kappa shape index (κ3) is 3.97. The molecule has 0 aliphatic carbocycles. The summed E-state index contributed by atoms with van der Waals surface area (Å²) >= 11 is 0. The molecule has 0 unspecified atom stereocenters. The zero-order valence-electron chi connectivity index (χ0n) is 9.03. The molecule has 2 N–H and O–H groups in total. The minimum absolute atomic E-state index is 0.105. The number of pyridine rings is 1. The lowest BCUT2D eigenvalue weighted by Gasteiger charge is -2.08. The molecule has 0 aliphatic rings. The first-order valence-electron chi connectivity index (χ1n) is 5.01. The van der Waals surface area contributed by atoms with Crippen LogP contribution in [0.5, 0.6) is 0 Å². The Morgan fingerprint density at radius 3 is 2.93 bits per heavy atom. The summed E-state index contributed by atoms with van der Waals surface area (Å²) < 4.78 is 0. The number of aliphatic carboxylic acids is 1. The standard InChI is InChI=1S/C11H16N2O2/c1-8(2)9-3-5-12-10(7-9)13-6-4-11(14)15/h3,5,7-8H,4,6H2,1-2H3,(H,12,13)(H,14,15). The van der Waals surface area contributed by atoms with Gasteiger partial charge in [0.05, 0.1) is 6.42 Å². The van der Waals surface area contributed by atoms with Crippen molar-refractivity contribution < 1.29 is 9.90 Å². The maximum absolute atomic E-state index is 10.3. The highest BCUT2D eigenvalue weighted by atomic mass is 16.4. The molecule has 0 aromatic carbocycles. The van der Waals surface area contributed by atoms with Gasteiger partial charge in [0.25, 0.3) is 0 Å². The quantitative estimate of drug-likeness (QED) is 0.777. The lowest BCUT2D eigenvalue weighted by Crippen LogP contribution is -2.08. The van der Waals surface area contributed by atoms with Gasteiger partial charge in [-0.3, -0.25) is 4.79 Å². The molecule has 0 saturated heterocycles. The fourth-order valence-corrected chi connectivity index (χ4v) is 1.20. The van der Waals surface area contributed by atoms with Crippen LogP contribution in [-0.2, 0) is 4.79 Å². The molecule has 0 saturated carbocycles. The number of hydrogen-bond acceptors (Lipinski definition) is 3. The summed E-state index contributed by atoms with van der Waals surface area (Å²) in [5.41, 5.74) is 1.20. The highest BCUT2D eigenvalue weighted by Crippen LogP contribution is 2.16. The molecule has 0 atom stereocenters. The molecule has 1 heterocycles. The van der Waals surface area contributed by atoms with Gasteiger partial charge in [-0.05, 0) is 23.6 Å². The van der Waals surface area contributed by atoms with E-state index in [1.807, 2.05) is 12.1 Å². The van der Waals surface area contributed by atoms with Crippen molar-refractivity contribution in [3.8, 4) is 0 Å². The van der Waals surface area contributed by atoms with E-state index in [-0.39, 0.29) is 6.42 Å². The molecule has 0 fully saturated rings. The van der Waals surface area contributed by atoms with E-state index in [9.17, 15) is 4.79 Å². The summed E-state index contributed by atoms with van der Waals surface area (Å²) in [7, 11) is 0. The van der Waals surface area contributed by atoms with E-state index in [1.54, 1.807) is 6.20 Å². The molecule has 0 radical (unpaired) electrons. The maximum Gasteiger partial charge on any atom is 0.305 e. The van der Waals surface area contributed by atoms with Crippen LogP contribution >= 0.6 is 0 Å². The maximum atomic E-state index is 10.3. The topological polar surface area (TPSA) is 62.2 Å². The van der Waals surface area contributed by atoms with Crippen molar-refractivity contribution in [3.05, 3.63) is 23.9 Å². The van der Waals surface area contributed by atoms with Crippen LogP contribution in [0.3, 0.4) is 0 Å². The van der Waals surface area contributed by atoms with Gasteiger partial charge in [0.1, 0.15) is 5.82 Å². The van der Waals surface area contributed by atoms with Gasteiger partial charge < -0.3 is 10.4 Å². The lowest BCUT2D eigenvalue weighted by atomic mass is 10.1. The number of aromatic nitrogens is 1. The predicted molar refractivity (Wildman–Crippen MR) is 59.1 cm³/mol. The summed E-state index contributed by atoms with van der Waals surface area (Å²) in [6.45, 7) is 4.62. The molecule has 0 amide bonds. The molecular weight excluding hydrogens is 192 g/mol. The second-order valence-corrected chi connectivity index (χ2v) is 3.70. The summed E-state index contributed by atoms with van der Waals surface area (Å²) in [6.07, 6.45) is 1.84. The van der Waals surface area contributed by atoms with Gasteiger partial charge >= 0.3 is 5.97 Å². The zero-order valence-corrected chi connectivity index (χ0v) is 9.03. The fourth-order valence-electron chi connectivity index (χ4n) is 1.20. The van der Waals surface area contributed by atoms with Gasteiger partial charge in [-0.1, -0.05) is 13.8 Å². The third-order valence-electron chi connectivity index (χ3n) is 2.10. The van der Waals surface area contributed by atoms with E-state index < -0.39 is 5.97 Å². The van der Waals surface area contributed by atoms with Gasteiger partial charge in [0.15, 0.2) is 0 Å². The van der Waals surface area contributed by atoms with Crippen LogP contribution in [-0.4, -0.2) is 22.6 Å². The van der Waals surface area contributed by atoms with Crippen molar-refractivity contribution in [2.75, 3.05) is 11.9 Å².